The first-order valence-electron chi connectivity index (χ1n) is 6.72. The lowest BCUT2D eigenvalue weighted by atomic mass is 10.2. The van der Waals surface area contributed by atoms with Crippen LogP contribution in [0.1, 0.15) is 12.5 Å². The Morgan fingerprint density at radius 3 is 2.27 bits per heavy atom. The molecule has 2 rings (SSSR count). The Balaban J connectivity index is 2.47. The van der Waals surface area contributed by atoms with E-state index in [1.54, 1.807) is 42.5 Å². The van der Waals surface area contributed by atoms with Crippen molar-refractivity contribution in [2.24, 2.45) is 0 Å². The molecule has 1 atom stereocenters. The summed E-state index contributed by atoms with van der Waals surface area (Å²) in [7, 11) is -3.71. The number of rotatable bonds is 5. The summed E-state index contributed by atoms with van der Waals surface area (Å²) in [6, 6.07) is 11.9. The number of carboxylic acids is 1. The van der Waals surface area contributed by atoms with Gasteiger partial charge in [0.15, 0.2) is 0 Å². The highest BCUT2D eigenvalue weighted by atomic mass is 32.2. The van der Waals surface area contributed by atoms with Crippen LogP contribution in [0, 0.1) is 6.92 Å². The molecule has 6 heteroatoms. The van der Waals surface area contributed by atoms with Crippen molar-refractivity contribution in [1.29, 1.82) is 0 Å². The summed E-state index contributed by atoms with van der Waals surface area (Å²) in [4.78, 5) is 11.2. The van der Waals surface area contributed by atoms with Crippen LogP contribution >= 0.6 is 0 Å². The van der Waals surface area contributed by atoms with Gasteiger partial charge in [0, 0.05) is 0 Å². The molecule has 0 spiro atoms. The quantitative estimate of drug-likeness (QED) is 0.885. The summed E-state index contributed by atoms with van der Waals surface area (Å²) in [6.07, 6.45) is 0. The monoisotopic (exact) mass is 319 g/mol. The van der Waals surface area contributed by atoms with Gasteiger partial charge < -0.3 is 10.4 Å². The summed E-state index contributed by atoms with van der Waals surface area (Å²) < 4.78 is 25.5. The lowest BCUT2D eigenvalue weighted by Gasteiger charge is -2.15. The van der Waals surface area contributed by atoms with Crippen molar-refractivity contribution in [2.45, 2.75) is 29.7 Å². The SMILES string of the molecule is Cc1ccc(S(=O)(=O)c2ccccc2NC(C)C(=O)O)cc1. The van der Waals surface area contributed by atoms with Gasteiger partial charge in [-0.1, -0.05) is 29.8 Å². The second-order valence-electron chi connectivity index (χ2n) is 5.02. The highest BCUT2D eigenvalue weighted by molar-refractivity contribution is 7.91. The molecule has 0 aliphatic carbocycles. The molecule has 116 valence electrons. The first kappa shape index (κ1) is 16.0. The van der Waals surface area contributed by atoms with Crippen molar-refractivity contribution < 1.29 is 18.3 Å². The molecular weight excluding hydrogens is 302 g/mol. The number of hydrogen-bond acceptors (Lipinski definition) is 4. The van der Waals surface area contributed by atoms with Gasteiger partial charge in [0.1, 0.15) is 6.04 Å². The maximum absolute atomic E-state index is 12.7. The number of benzene rings is 2. The van der Waals surface area contributed by atoms with Gasteiger partial charge in [-0.05, 0) is 38.1 Å². The van der Waals surface area contributed by atoms with E-state index >= 15 is 0 Å². The Bertz CT molecular complexity index is 782. The summed E-state index contributed by atoms with van der Waals surface area (Å²) in [6.45, 7) is 3.33. The van der Waals surface area contributed by atoms with Gasteiger partial charge in [0.05, 0.1) is 15.5 Å². The molecule has 0 aliphatic rings. The fourth-order valence-electron chi connectivity index (χ4n) is 1.96. The Morgan fingerprint density at radius 2 is 1.68 bits per heavy atom. The van der Waals surface area contributed by atoms with Crippen LogP contribution in [0.25, 0.3) is 0 Å². The molecule has 2 N–H and O–H groups in total. The van der Waals surface area contributed by atoms with Crippen molar-refractivity contribution >= 4 is 21.5 Å². The molecule has 22 heavy (non-hydrogen) atoms. The molecule has 0 bridgehead atoms. The van der Waals surface area contributed by atoms with Crippen molar-refractivity contribution in [3.05, 3.63) is 54.1 Å². The number of carbonyl (C=O) groups is 1. The van der Waals surface area contributed by atoms with Gasteiger partial charge >= 0.3 is 5.97 Å². The van der Waals surface area contributed by atoms with Crippen molar-refractivity contribution in [1.82, 2.24) is 0 Å². The van der Waals surface area contributed by atoms with Crippen LogP contribution in [0.5, 0.6) is 0 Å². The van der Waals surface area contributed by atoms with E-state index < -0.39 is 21.8 Å². The maximum Gasteiger partial charge on any atom is 0.325 e. The van der Waals surface area contributed by atoms with Gasteiger partial charge in [-0.25, -0.2) is 8.42 Å². The van der Waals surface area contributed by atoms with Crippen LogP contribution in [0.4, 0.5) is 5.69 Å². The van der Waals surface area contributed by atoms with E-state index in [4.69, 9.17) is 5.11 Å². The third-order valence-corrected chi connectivity index (χ3v) is 5.08. The normalized spacial score (nSPS) is 12.6. The number of sulfone groups is 1. The minimum absolute atomic E-state index is 0.0620. The minimum atomic E-state index is -3.71. The Kier molecular flexibility index (Phi) is 4.51. The molecule has 0 saturated heterocycles. The van der Waals surface area contributed by atoms with E-state index in [1.807, 2.05) is 6.92 Å². The average molecular weight is 319 g/mol. The third kappa shape index (κ3) is 3.28. The fourth-order valence-corrected chi connectivity index (χ4v) is 3.38. The summed E-state index contributed by atoms with van der Waals surface area (Å²) in [5.41, 5.74) is 1.24. The second-order valence-corrected chi connectivity index (χ2v) is 6.94. The van der Waals surface area contributed by atoms with E-state index in [1.165, 1.54) is 13.0 Å². The number of aryl methyl sites for hydroxylation is 1. The van der Waals surface area contributed by atoms with Gasteiger partial charge in [0.25, 0.3) is 0 Å². The largest absolute Gasteiger partial charge is 0.480 e. The van der Waals surface area contributed by atoms with Gasteiger partial charge in [-0.3, -0.25) is 4.79 Å². The number of aliphatic carboxylic acids is 1. The summed E-state index contributed by atoms with van der Waals surface area (Å²) in [5.74, 6) is -1.05. The number of hydrogen-bond donors (Lipinski definition) is 2. The molecular formula is C16H17NO4S. The van der Waals surface area contributed by atoms with Crippen LogP contribution in [-0.4, -0.2) is 25.5 Å². The van der Waals surface area contributed by atoms with E-state index in [-0.39, 0.29) is 15.5 Å². The molecule has 2 aromatic rings. The first-order valence-corrected chi connectivity index (χ1v) is 8.21. The van der Waals surface area contributed by atoms with E-state index in [0.717, 1.165) is 5.56 Å². The Morgan fingerprint density at radius 1 is 1.09 bits per heavy atom. The van der Waals surface area contributed by atoms with Crippen LogP contribution in [0.2, 0.25) is 0 Å². The topological polar surface area (TPSA) is 83.5 Å². The third-order valence-electron chi connectivity index (χ3n) is 3.25. The molecule has 1 unspecified atom stereocenters. The Hall–Kier alpha value is -2.34. The number of carboxylic acid groups (broad SMARTS) is 1. The van der Waals surface area contributed by atoms with Crippen LogP contribution in [-0.2, 0) is 14.6 Å². The molecule has 0 radical (unpaired) electrons. The zero-order valence-corrected chi connectivity index (χ0v) is 13.1. The zero-order chi connectivity index (χ0) is 16.3. The molecule has 2 aromatic carbocycles. The first-order chi connectivity index (χ1) is 10.3. The molecule has 5 nitrogen and oxygen atoms in total. The predicted molar refractivity (Wildman–Crippen MR) is 83.8 cm³/mol. The standard InChI is InChI=1S/C16H17NO4S/c1-11-7-9-13(10-8-11)22(20,21)15-6-4-3-5-14(15)17-12(2)16(18)19/h3-10,12,17H,1-2H3,(H,18,19). The summed E-state index contributed by atoms with van der Waals surface area (Å²) in [5, 5.41) is 11.7. The lowest BCUT2D eigenvalue weighted by Crippen LogP contribution is -2.26. The van der Waals surface area contributed by atoms with Gasteiger partial charge in [-0.15, -0.1) is 0 Å². The molecule has 0 amide bonds. The predicted octanol–water partition coefficient (Wildman–Crippen LogP) is 2.71. The second kappa shape index (κ2) is 6.19. The molecule has 0 heterocycles. The van der Waals surface area contributed by atoms with Crippen molar-refractivity contribution in [2.75, 3.05) is 5.32 Å². The van der Waals surface area contributed by atoms with E-state index in [2.05, 4.69) is 5.32 Å². The van der Waals surface area contributed by atoms with E-state index in [0.29, 0.717) is 0 Å². The van der Waals surface area contributed by atoms with Crippen molar-refractivity contribution in [3.63, 3.8) is 0 Å². The molecule has 0 fully saturated rings. The number of para-hydroxylation sites is 1. The average Bonchev–Trinajstić information content (AvgIpc) is 2.48. The molecule has 0 aromatic heterocycles. The van der Waals surface area contributed by atoms with E-state index in [9.17, 15) is 13.2 Å². The summed E-state index contributed by atoms with van der Waals surface area (Å²) >= 11 is 0. The maximum atomic E-state index is 12.7. The smallest absolute Gasteiger partial charge is 0.325 e. The van der Waals surface area contributed by atoms with Crippen LogP contribution in [0.3, 0.4) is 0 Å². The molecule has 0 saturated carbocycles. The van der Waals surface area contributed by atoms with Gasteiger partial charge in [-0.2, -0.15) is 0 Å². The lowest BCUT2D eigenvalue weighted by molar-refractivity contribution is -0.137. The molecule has 0 aliphatic heterocycles. The van der Waals surface area contributed by atoms with Crippen LogP contribution in [0.15, 0.2) is 58.3 Å². The number of nitrogens with one attached hydrogen (secondary N) is 1. The number of anilines is 1. The zero-order valence-electron chi connectivity index (χ0n) is 12.3. The van der Waals surface area contributed by atoms with Crippen LogP contribution < -0.4 is 5.32 Å². The fraction of sp³-hybridized carbons (Fsp3) is 0.188. The van der Waals surface area contributed by atoms with Gasteiger partial charge in [0.2, 0.25) is 9.84 Å². The van der Waals surface area contributed by atoms with Crippen molar-refractivity contribution in [3.8, 4) is 0 Å². The Labute approximate surface area is 129 Å². The highest BCUT2D eigenvalue weighted by Gasteiger charge is 2.22. The highest BCUT2D eigenvalue weighted by Crippen LogP contribution is 2.28. The minimum Gasteiger partial charge on any atom is -0.480 e.